The van der Waals surface area contributed by atoms with Crippen molar-refractivity contribution in [2.45, 2.75) is 39.9 Å². The molecule has 0 aliphatic carbocycles. The van der Waals surface area contributed by atoms with E-state index in [1.54, 1.807) is 0 Å². The third kappa shape index (κ3) is 9.58. The molecule has 0 aliphatic heterocycles. The van der Waals surface area contributed by atoms with Crippen molar-refractivity contribution in [2.24, 2.45) is 0 Å². The Hall–Kier alpha value is -0.720. The van der Waals surface area contributed by atoms with Gasteiger partial charge >= 0.3 is 0 Å². The van der Waals surface area contributed by atoms with Crippen LogP contribution in [0.25, 0.3) is 0 Å². The quantitative estimate of drug-likeness (QED) is 0.738. The van der Waals surface area contributed by atoms with Gasteiger partial charge in [-0.1, -0.05) is 18.2 Å². The molecule has 0 saturated carbocycles. The van der Waals surface area contributed by atoms with Crippen LogP contribution in [0.3, 0.4) is 0 Å². The second kappa shape index (κ2) is 8.58. The van der Waals surface area contributed by atoms with E-state index in [-0.39, 0.29) is 8.46 Å². The van der Waals surface area contributed by atoms with E-state index in [1.807, 2.05) is 58.0 Å². The lowest BCUT2D eigenvalue weighted by Gasteiger charge is -2.09. The summed E-state index contributed by atoms with van der Waals surface area (Å²) in [5.41, 5.74) is 0. The Balaban J connectivity index is 0.000000265. The Kier molecular flexibility index (Phi) is 8.17. The van der Waals surface area contributed by atoms with Crippen LogP contribution in [0.2, 0.25) is 0 Å². The van der Waals surface area contributed by atoms with Gasteiger partial charge in [0.1, 0.15) is 0 Å². The lowest BCUT2D eigenvalue weighted by Crippen LogP contribution is -2.09. The van der Waals surface area contributed by atoms with Gasteiger partial charge in [-0.2, -0.15) is 0 Å². The maximum Gasteiger partial charge on any atom is 0.192 e. The van der Waals surface area contributed by atoms with Crippen molar-refractivity contribution in [3.05, 3.63) is 30.3 Å². The maximum atomic E-state index is 10.1. The second-order valence-electron chi connectivity index (χ2n) is 3.66. The van der Waals surface area contributed by atoms with Crippen LogP contribution >= 0.6 is 8.46 Å². The van der Waals surface area contributed by atoms with Crippen molar-refractivity contribution in [1.29, 1.82) is 0 Å². The molecule has 1 rings (SSSR count). The van der Waals surface area contributed by atoms with Crippen LogP contribution in [-0.2, 0) is 9.30 Å². The summed E-state index contributed by atoms with van der Waals surface area (Å²) in [6, 6.07) is 9.25. The third-order valence-electron chi connectivity index (χ3n) is 1.41. The van der Waals surface area contributed by atoms with Gasteiger partial charge in [0.25, 0.3) is 0 Å². The van der Waals surface area contributed by atoms with Crippen LogP contribution in [0, 0.1) is 0 Å². The first kappa shape index (κ1) is 14.3. The standard InChI is InChI=1S/C6H5OP.C6H14O/c7-8-6-4-2-1-3-5-6;1-5(2)7-6(3)4/h1-5H;5-6H,1-4H3. The topological polar surface area (TPSA) is 26.3 Å². The summed E-state index contributed by atoms with van der Waals surface area (Å²) >= 11 is 0. The fraction of sp³-hybridized carbons (Fsp3) is 0.500. The molecule has 0 amide bonds. The Morgan fingerprint density at radius 3 is 1.67 bits per heavy atom. The highest BCUT2D eigenvalue weighted by Crippen LogP contribution is 1.93. The molecule has 0 fully saturated rings. The number of hydrogen-bond acceptors (Lipinski definition) is 2. The van der Waals surface area contributed by atoms with E-state index >= 15 is 0 Å². The van der Waals surface area contributed by atoms with Gasteiger partial charge < -0.3 is 4.74 Å². The fourth-order valence-electron chi connectivity index (χ4n) is 1.03. The van der Waals surface area contributed by atoms with Gasteiger partial charge in [0, 0.05) is 5.30 Å². The molecule has 0 radical (unpaired) electrons. The normalized spacial score (nSPS) is 10.3. The highest BCUT2D eigenvalue weighted by molar-refractivity contribution is 7.34. The molecule has 0 N–H and O–H groups in total. The molecule has 3 heteroatoms. The third-order valence-corrected chi connectivity index (χ3v) is 1.91. The first-order valence-corrected chi connectivity index (χ1v) is 5.91. The lowest BCUT2D eigenvalue weighted by atomic mass is 10.4. The van der Waals surface area contributed by atoms with Crippen molar-refractivity contribution in [3.8, 4) is 0 Å². The summed E-state index contributed by atoms with van der Waals surface area (Å²) < 4.78 is 15.4. The molecule has 0 unspecified atom stereocenters. The summed E-state index contributed by atoms with van der Waals surface area (Å²) in [6.45, 7) is 8.17. The van der Waals surface area contributed by atoms with E-state index in [0.717, 1.165) is 5.30 Å². The minimum absolute atomic E-state index is 0.0994. The van der Waals surface area contributed by atoms with Gasteiger partial charge in [-0.3, -0.25) is 4.57 Å². The van der Waals surface area contributed by atoms with Gasteiger partial charge in [0.05, 0.1) is 12.2 Å². The van der Waals surface area contributed by atoms with Gasteiger partial charge in [-0.15, -0.1) is 0 Å². The average molecular weight is 226 g/mol. The predicted octanol–water partition coefficient (Wildman–Crippen LogP) is 3.42. The van der Waals surface area contributed by atoms with Crippen LogP contribution < -0.4 is 5.30 Å². The van der Waals surface area contributed by atoms with E-state index in [4.69, 9.17) is 4.74 Å². The minimum Gasteiger partial charge on any atom is -0.376 e. The van der Waals surface area contributed by atoms with E-state index in [9.17, 15) is 4.57 Å². The smallest absolute Gasteiger partial charge is 0.192 e. The maximum absolute atomic E-state index is 10.1. The zero-order valence-corrected chi connectivity index (χ0v) is 10.7. The van der Waals surface area contributed by atoms with Crippen molar-refractivity contribution in [3.63, 3.8) is 0 Å². The Bertz CT molecular complexity index is 252. The van der Waals surface area contributed by atoms with Crippen molar-refractivity contribution in [2.75, 3.05) is 0 Å². The van der Waals surface area contributed by atoms with Gasteiger partial charge in [-0.25, -0.2) is 0 Å². The molecule has 0 aromatic heterocycles. The number of ether oxygens (including phenoxy) is 1. The molecular weight excluding hydrogens is 207 g/mol. The monoisotopic (exact) mass is 226 g/mol. The zero-order chi connectivity index (χ0) is 11.7. The molecule has 1 aromatic carbocycles. The summed E-state index contributed by atoms with van der Waals surface area (Å²) in [4.78, 5) is 0. The average Bonchev–Trinajstić information content (AvgIpc) is 2.18. The van der Waals surface area contributed by atoms with Crippen LogP contribution in [-0.4, -0.2) is 12.2 Å². The molecule has 15 heavy (non-hydrogen) atoms. The van der Waals surface area contributed by atoms with E-state index in [2.05, 4.69) is 0 Å². The number of rotatable bonds is 3. The van der Waals surface area contributed by atoms with Crippen LogP contribution in [0.1, 0.15) is 27.7 Å². The van der Waals surface area contributed by atoms with E-state index in [0.29, 0.717) is 12.2 Å². The molecule has 0 bridgehead atoms. The van der Waals surface area contributed by atoms with Gasteiger partial charge in [-0.05, 0) is 39.8 Å². The van der Waals surface area contributed by atoms with E-state index < -0.39 is 0 Å². The summed E-state index contributed by atoms with van der Waals surface area (Å²) in [5.74, 6) is 0. The highest BCUT2D eigenvalue weighted by atomic mass is 31.1. The summed E-state index contributed by atoms with van der Waals surface area (Å²) in [6.07, 6.45) is 0.750. The molecule has 0 aliphatic rings. The Morgan fingerprint density at radius 1 is 1.00 bits per heavy atom. The highest BCUT2D eigenvalue weighted by Gasteiger charge is 1.94. The van der Waals surface area contributed by atoms with Crippen LogP contribution in [0.5, 0.6) is 0 Å². The van der Waals surface area contributed by atoms with Crippen molar-refractivity contribution in [1.82, 2.24) is 0 Å². The van der Waals surface area contributed by atoms with Crippen LogP contribution in [0.15, 0.2) is 30.3 Å². The first-order chi connectivity index (χ1) is 7.06. The van der Waals surface area contributed by atoms with Crippen LogP contribution in [0.4, 0.5) is 0 Å². The van der Waals surface area contributed by atoms with Gasteiger partial charge in [0.15, 0.2) is 8.46 Å². The largest absolute Gasteiger partial charge is 0.376 e. The zero-order valence-electron chi connectivity index (χ0n) is 9.81. The van der Waals surface area contributed by atoms with E-state index in [1.165, 1.54) is 0 Å². The van der Waals surface area contributed by atoms with Crippen molar-refractivity contribution < 1.29 is 9.30 Å². The van der Waals surface area contributed by atoms with Gasteiger partial charge in [0.2, 0.25) is 0 Å². The SMILES string of the molecule is CC(C)OC(C)C.O=Pc1ccccc1. The fourth-order valence-corrected chi connectivity index (χ4v) is 1.33. The molecule has 84 valence electrons. The molecule has 1 aromatic rings. The summed E-state index contributed by atoms with van der Waals surface area (Å²) in [5, 5.41) is 0.826. The molecular formula is C12H19O2P. The second-order valence-corrected chi connectivity index (χ2v) is 4.36. The number of benzene rings is 1. The Morgan fingerprint density at radius 2 is 1.47 bits per heavy atom. The molecule has 0 heterocycles. The molecule has 0 saturated heterocycles. The number of hydrogen-bond donors (Lipinski definition) is 0. The van der Waals surface area contributed by atoms with Crippen molar-refractivity contribution >= 4 is 13.8 Å². The molecule has 0 spiro atoms. The molecule has 2 nitrogen and oxygen atoms in total. The lowest BCUT2D eigenvalue weighted by molar-refractivity contribution is 0.0300. The summed E-state index contributed by atoms with van der Waals surface area (Å²) in [7, 11) is 0.0994. The minimum atomic E-state index is 0.0994. The predicted molar refractivity (Wildman–Crippen MR) is 65.0 cm³/mol. The first-order valence-electron chi connectivity index (χ1n) is 5.10. The Labute approximate surface area is 93.9 Å². The molecule has 0 atom stereocenters.